The van der Waals surface area contributed by atoms with Crippen molar-refractivity contribution in [1.82, 2.24) is 0 Å². The van der Waals surface area contributed by atoms with Crippen molar-refractivity contribution in [2.24, 2.45) is 0 Å². The van der Waals surface area contributed by atoms with Crippen LogP contribution in [0.15, 0.2) is 0 Å². The fraction of sp³-hybridized carbons (Fsp3) is 0.600. The van der Waals surface area contributed by atoms with E-state index in [0.717, 1.165) is 5.75 Å². The lowest BCUT2D eigenvalue weighted by Crippen LogP contribution is -2.20. The summed E-state index contributed by atoms with van der Waals surface area (Å²) in [5, 5.41) is 3.17. The van der Waals surface area contributed by atoms with Crippen molar-refractivity contribution in [3.63, 3.8) is 0 Å². The van der Waals surface area contributed by atoms with Gasteiger partial charge in [0.05, 0.1) is 23.7 Å². The van der Waals surface area contributed by atoms with Gasteiger partial charge >= 0.3 is 5.97 Å². The summed E-state index contributed by atoms with van der Waals surface area (Å²) < 4.78 is 28.7. The van der Waals surface area contributed by atoms with Gasteiger partial charge in [-0.15, -0.1) is 11.3 Å². The van der Waals surface area contributed by atoms with Gasteiger partial charge in [-0.05, 0) is 24.7 Å². The van der Waals surface area contributed by atoms with E-state index in [2.05, 4.69) is 5.32 Å². The molecule has 0 spiro atoms. The van der Waals surface area contributed by atoms with Gasteiger partial charge in [0.1, 0.15) is 5.00 Å². The molecule has 0 aromatic carbocycles. The Hall–Kier alpha value is -1.06. The van der Waals surface area contributed by atoms with Crippen LogP contribution in [0.25, 0.3) is 0 Å². The van der Waals surface area contributed by atoms with E-state index < -0.39 is 15.8 Å². The molecule has 1 aromatic rings. The van der Waals surface area contributed by atoms with Crippen molar-refractivity contribution in [1.29, 1.82) is 0 Å². The maximum Gasteiger partial charge on any atom is 0.341 e. The number of ether oxygens (including phenoxy) is 1. The molecule has 2 heterocycles. The van der Waals surface area contributed by atoms with E-state index in [9.17, 15) is 18.0 Å². The molecule has 134 valence electrons. The molecule has 2 rings (SSSR count). The maximum atomic E-state index is 12.3. The Morgan fingerprint density at radius 1 is 1.33 bits per heavy atom. The highest BCUT2D eigenvalue weighted by molar-refractivity contribution is 7.99. The number of thioether (sulfide) groups is 1. The average molecular weight is 392 g/mol. The second kappa shape index (κ2) is 8.35. The third kappa shape index (κ3) is 4.73. The number of rotatable bonds is 7. The Morgan fingerprint density at radius 3 is 2.75 bits per heavy atom. The molecule has 1 aliphatic heterocycles. The van der Waals surface area contributed by atoms with Crippen LogP contribution in [0, 0.1) is 0 Å². The van der Waals surface area contributed by atoms with Gasteiger partial charge < -0.3 is 10.1 Å². The fourth-order valence-electron chi connectivity index (χ4n) is 2.43. The lowest BCUT2D eigenvalue weighted by molar-refractivity contribution is -0.115. The van der Waals surface area contributed by atoms with Crippen LogP contribution in [-0.4, -0.2) is 44.2 Å². The molecule has 9 heteroatoms. The smallest absolute Gasteiger partial charge is 0.341 e. The van der Waals surface area contributed by atoms with Gasteiger partial charge in [0, 0.05) is 17.1 Å². The second-order valence-corrected chi connectivity index (χ2v) is 9.95. The Kier molecular flexibility index (Phi) is 6.70. The molecular formula is C15H21NO5S3. The summed E-state index contributed by atoms with van der Waals surface area (Å²) in [6, 6.07) is 0. The molecule has 0 fully saturated rings. The first kappa shape index (κ1) is 19.3. The van der Waals surface area contributed by atoms with E-state index >= 15 is 0 Å². The molecule has 6 nitrogen and oxygen atoms in total. The summed E-state index contributed by atoms with van der Waals surface area (Å²) in [6.07, 6.45) is 0.630. The molecule has 0 bridgehead atoms. The Bertz CT molecular complexity index is 724. The average Bonchev–Trinajstić information content (AvgIpc) is 2.83. The van der Waals surface area contributed by atoms with Gasteiger partial charge in [0.15, 0.2) is 9.84 Å². The van der Waals surface area contributed by atoms with E-state index in [1.165, 1.54) is 11.3 Å². The monoisotopic (exact) mass is 391 g/mol. The van der Waals surface area contributed by atoms with Crippen molar-refractivity contribution >= 4 is 49.8 Å². The predicted molar refractivity (Wildman–Crippen MR) is 97.7 cm³/mol. The van der Waals surface area contributed by atoms with Gasteiger partial charge in [-0.1, -0.05) is 6.92 Å². The quantitative estimate of drug-likeness (QED) is 0.567. The van der Waals surface area contributed by atoms with Gasteiger partial charge in [0.25, 0.3) is 0 Å². The third-order valence-electron chi connectivity index (χ3n) is 3.51. The standard InChI is InChI=1S/C15H21NO5S3/c1-3-21-15(18)13-10-6-8-24(19,20)9-11(10)23-14(13)16-12(17)5-7-22-4-2/h3-9H2,1-2H3,(H,16,17). The van der Waals surface area contributed by atoms with Crippen LogP contribution in [0.5, 0.6) is 0 Å². The van der Waals surface area contributed by atoms with Crippen LogP contribution in [0.2, 0.25) is 0 Å². The van der Waals surface area contributed by atoms with E-state index in [1.54, 1.807) is 18.7 Å². The van der Waals surface area contributed by atoms with Crippen molar-refractivity contribution in [3.05, 3.63) is 16.0 Å². The lowest BCUT2D eigenvalue weighted by atomic mass is 10.1. The number of hydrogen-bond acceptors (Lipinski definition) is 7. The molecule has 0 aliphatic carbocycles. The number of anilines is 1. The lowest BCUT2D eigenvalue weighted by Gasteiger charge is -2.13. The zero-order chi connectivity index (χ0) is 17.7. The van der Waals surface area contributed by atoms with Crippen molar-refractivity contribution < 1.29 is 22.7 Å². The van der Waals surface area contributed by atoms with Crippen LogP contribution in [-0.2, 0) is 31.5 Å². The Labute approximate surface area is 150 Å². The first-order valence-corrected chi connectivity index (χ1v) is 11.6. The van der Waals surface area contributed by atoms with Crippen LogP contribution in [0.1, 0.15) is 41.1 Å². The van der Waals surface area contributed by atoms with Gasteiger partial charge in [-0.2, -0.15) is 11.8 Å². The summed E-state index contributed by atoms with van der Waals surface area (Å²) in [7, 11) is -3.14. The highest BCUT2D eigenvalue weighted by Crippen LogP contribution is 2.38. The summed E-state index contributed by atoms with van der Waals surface area (Å²) in [4.78, 5) is 25.0. The van der Waals surface area contributed by atoms with E-state index in [1.807, 2.05) is 6.92 Å². The number of carbonyl (C=O) groups excluding carboxylic acids is 2. The summed E-state index contributed by atoms with van der Waals surface area (Å²) in [5.74, 6) is 0.892. The minimum atomic E-state index is -3.14. The van der Waals surface area contributed by atoms with Crippen molar-refractivity contribution in [2.75, 3.05) is 29.2 Å². The number of amides is 1. The number of hydrogen-bond donors (Lipinski definition) is 1. The molecular weight excluding hydrogens is 370 g/mol. The molecule has 0 unspecified atom stereocenters. The van der Waals surface area contributed by atoms with Gasteiger partial charge in [-0.3, -0.25) is 4.79 Å². The van der Waals surface area contributed by atoms with Crippen molar-refractivity contribution in [3.8, 4) is 0 Å². The number of sulfone groups is 1. The molecule has 0 saturated carbocycles. The van der Waals surface area contributed by atoms with E-state index in [4.69, 9.17) is 4.74 Å². The van der Waals surface area contributed by atoms with Crippen molar-refractivity contribution in [2.45, 2.75) is 32.4 Å². The zero-order valence-electron chi connectivity index (χ0n) is 13.7. The Morgan fingerprint density at radius 2 is 2.08 bits per heavy atom. The SMILES string of the molecule is CCOC(=O)c1c(NC(=O)CCSCC)sc2c1CCS(=O)(=O)C2. The summed E-state index contributed by atoms with van der Waals surface area (Å²) in [6.45, 7) is 3.96. The van der Waals surface area contributed by atoms with Crippen LogP contribution < -0.4 is 5.32 Å². The zero-order valence-corrected chi connectivity index (χ0v) is 16.2. The van der Waals surface area contributed by atoms with E-state index in [-0.39, 0.29) is 30.4 Å². The van der Waals surface area contributed by atoms with Gasteiger partial charge in [0.2, 0.25) is 5.91 Å². The largest absolute Gasteiger partial charge is 0.462 e. The first-order valence-electron chi connectivity index (χ1n) is 7.77. The summed E-state index contributed by atoms with van der Waals surface area (Å²) in [5.41, 5.74) is 1.02. The molecule has 1 aromatic heterocycles. The molecule has 0 radical (unpaired) electrons. The normalized spacial score (nSPS) is 15.6. The highest BCUT2D eigenvalue weighted by atomic mass is 32.2. The van der Waals surface area contributed by atoms with Crippen LogP contribution in [0.3, 0.4) is 0 Å². The number of nitrogens with one attached hydrogen (secondary N) is 1. The predicted octanol–water partition coefficient (Wildman–Crippen LogP) is 2.48. The van der Waals surface area contributed by atoms with Gasteiger partial charge in [-0.25, -0.2) is 13.2 Å². The number of fused-ring (bicyclic) bond motifs is 1. The summed E-state index contributed by atoms with van der Waals surface area (Å²) >= 11 is 2.83. The molecule has 0 atom stereocenters. The molecule has 1 amide bonds. The minimum absolute atomic E-state index is 0.0175. The minimum Gasteiger partial charge on any atom is -0.462 e. The number of esters is 1. The maximum absolute atomic E-state index is 12.3. The van der Waals surface area contributed by atoms with E-state index in [0.29, 0.717) is 33.2 Å². The fourth-order valence-corrected chi connectivity index (χ4v) is 6.10. The second-order valence-electron chi connectivity index (χ2n) is 5.27. The first-order chi connectivity index (χ1) is 11.4. The Balaban J connectivity index is 2.27. The molecule has 24 heavy (non-hydrogen) atoms. The highest BCUT2D eigenvalue weighted by Gasteiger charge is 2.31. The molecule has 1 N–H and O–H groups in total. The molecule has 1 aliphatic rings. The number of thiophene rings is 1. The van der Waals surface area contributed by atoms with Crippen LogP contribution in [0.4, 0.5) is 5.00 Å². The topological polar surface area (TPSA) is 89.5 Å². The third-order valence-corrected chi connectivity index (χ3v) is 7.30. The van der Waals surface area contributed by atoms with Crippen LogP contribution >= 0.6 is 23.1 Å². The molecule has 0 saturated heterocycles. The number of carbonyl (C=O) groups is 2.